The summed E-state index contributed by atoms with van der Waals surface area (Å²) in [5.41, 5.74) is 3.85. The smallest absolute Gasteiger partial charge is 0.368 e. The van der Waals surface area contributed by atoms with E-state index in [4.69, 9.17) is 9.47 Å². The van der Waals surface area contributed by atoms with Crippen LogP contribution in [0.1, 0.15) is 11.1 Å². The van der Waals surface area contributed by atoms with E-state index in [9.17, 15) is 4.79 Å². The number of pyridine rings is 1. The minimum Gasteiger partial charge on any atom is -0.473 e. The molecular weight excluding hydrogens is 442 g/mol. The van der Waals surface area contributed by atoms with Gasteiger partial charge >= 0.3 is 5.69 Å². The van der Waals surface area contributed by atoms with Crippen LogP contribution in [-0.4, -0.2) is 24.8 Å². The highest BCUT2D eigenvalue weighted by Gasteiger charge is 2.14. The molecular formula is C27H23N5O3. The first-order valence-electron chi connectivity index (χ1n) is 11.1. The van der Waals surface area contributed by atoms with E-state index >= 15 is 0 Å². The van der Waals surface area contributed by atoms with Crippen LogP contribution in [0.3, 0.4) is 0 Å². The third-order valence-corrected chi connectivity index (χ3v) is 5.55. The monoisotopic (exact) mass is 465 g/mol. The lowest BCUT2D eigenvalue weighted by molar-refractivity contribution is 0.293. The molecule has 0 amide bonds. The van der Waals surface area contributed by atoms with E-state index in [1.807, 2.05) is 97.9 Å². The van der Waals surface area contributed by atoms with Crippen LogP contribution in [0.2, 0.25) is 0 Å². The largest absolute Gasteiger partial charge is 0.473 e. The molecule has 8 heteroatoms. The topological polar surface area (TPSA) is 84.1 Å². The van der Waals surface area contributed by atoms with Gasteiger partial charge in [-0.3, -0.25) is 0 Å². The summed E-state index contributed by atoms with van der Waals surface area (Å²) in [4.78, 5) is 17.0. The molecule has 0 aliphatic carbocycles. The molecule has 0 radical (unpaired) electrons. The van der Waals surface area contributed by atoms with Crippen molar-refractivity contribution < 1.29 is 9.47 Å². The molecule has 3 aromatic carbocycles. The SMILES string of the molecule is Cc1cccc(-n2nnn(C)c2=O)c1COc1cccc(-c2ccc(Oc3ccccc3)cc2)n1. The maximum absolute atomic E-state index is 12.4. The van der Waals surface area contributed by atoms with E-state index in [0.29, 0.717) is 11.6 Å². The Kier molecular flexibility index (Phi) is 6.09. The Morgan fingerprint density at radius 1 is 0.800 bits per heavy atom. The number of para-hydroxylation sites is 1. The Balaban J connectivity index is 1.34. The van der Waals surface area contributed by atoms with Crippen LogP contribution in [0.4, 0.5) is 0 Å². The van der Waals surface area contributed by atoms with Crippen molar-refractivity contribution in [2.45, 2.75) is 13.5 Å². The summed E-state index contributed by atoms with van der Waals surface area (Å²) < 4.78 is 14.4. The van der Waals surface area contributed by atoms with Crippen molar-refractivity contribution in [3.8, 4) is 34.3 Å². The lowest BCUT2D eigenvalue weighted by atomic mass is 10.1. The summed E-state index contributed by atoms with van der Waals surface area (Å²) in [5.74, 6) is 2.01. The quantitative estimate of drug-likeness (QED) is 0.346. The molecule has 0 N–H and O–H groups in total. The average molecular weight is 466 g/mol. The molecule has 5 aromatic rings. The standard InChI is InChI=1S/C27H23N5O3/c1-19-8-6-12-25(32-27(33)31(2)29-30-32)23(19)18-34-26-13-7-11-24(28-26)20-14-16-22(17-15-20)35-21-9-4-3-5-10-21/h3-17H,18H2,1-2H3. The summed E-state index contributed by atoms with van der Waals surface area (Å²) in [6, 6.07) is 28.7. The minimum absolute atomic E-state index is 0.228. The van der Waals surface area contributed by atoms with Crippen molar-refractivity contribution in [1.29, 1.82) is 0 Å². The molecule has 2 heterocycles. The normalized spacial score (nSPS) is 10.8. The van der Waals surface area contributed by atoms with Gasteiger partial charge in [0.2, 0.25) is 5.88 Å². The summed E-state index contributed by atoms with van der Waals surface area (Å²) in [5, 5.41) is 7.78. The second-order valence-corrected chi connectivity index (χ2v) is 7.96. The molecule has 35 heavy (non-hydrogen) atoms. The molecule has 8 nitrogen and oxygen atoms in total. The van der Waals surface area contributed by atoms with Crippen molar-refractivity contribution >= 4 is 0 Å². The summed E-state index contributed by atoms with van der Waals surface area (Å²) in [6.45, 7) is 2.19. The zero-order valence-corrected chi connectivity index (χ0v) is 19.3. The summed E-state index contributed by atoms with van der Waals surface area (Å²) in [7, 11) is 1.56. The highest BCUT2D eigenvalue weighted by Crippen LogP contribution is 2.26. The number of rotatable bonds is 7. The fraction of sp³-hybridized carbons (Fsp3) is 0.111. The first kappa shape index (κ1) is 22.1. The van der Waals surface area contributed by atoms with E-state index in [0.717, 1.165) is 33.9 Å². The molecule has 0 atom stereocenters. The van der Waals surface area contributed by atoms with Gasteiger partial charge in [0.1, 0.15) is 18.1 Å². The number of ether oxygens (including phenoxy) is 2. The molecule has 174 valence electrons. The maximum atomic E-state index is 12.4. The number of tetrazole rings is 1. The van der Waals surface area contributed by atoms with Crippen LogP contribution < -0.4 is 15.2 Å². The van der Waals surface area contributed by atoms with Crippen LogP contribution in [0.5, 0.6) is 17.4 Å². The molecule has 0 aliphatic rings. The minimum atomic E-state index is -0.323. The lowest BCUT2D eigenvalue weighted by Gasteiger charge is -2.13. The predicted molar refractivity (Wildman–Crippen MR) is 132 cm³/mol. The van der Waals surface area contributed by atoms with E-state index < -0.39 is 0 Å². The number of benzene rings is 3. The van der Waals surface area contributed by atoms with Gasteiger partial charge in [-0.2, -0.15) is 9.36 Å². The van der Waals surface area contributed by atoms with Gasteiger partial charge in [0.15, 0.2) is 0 Å². The number of hydrogen-bond donors (Lipinski definition) is 0. The van der Waals surface area contributed by atoms with Gasteiger partial charge in [0.05, 0.1) is 11.4 Å². The molecule has 5 rings (SSSR count). The van der Waals surface area contributed by atoms with Crippen LogP contribution in [-0.2, 0) is 13.7 Å². The lowest BCUT2D eigenvalue weighted by Crippen LogP contribution is -2.23. The first-order chi connectivity index (χ1) is 17.1. The molecule has 0 aliphatic heterocycles. The molecule has 0 saturated heterocycles. The van der Waals surface area contributed by atoms with E-state index in [2.05, 4.69) is 15.4 Å². The van der Waals surface area contributed by atoms with Gasteiger partial charge in [-0.25, -0.2) is 9.78 Å². The molecule has 0 fully saturated rings. The molecule has 0 spiro atoms. The van der Waals surface area contributed by atoms with Crippen molar-refractivity contribution in [3.63, 3.8) is 0 Å². The highest BCUT2D eigenvalue weighted by atomic mass is 16.5. The van der Waals surface area contributed by atoms with E-state index in [1.165, 1.54) is 9.36 Å². The van der Waals surface area contributed by atoms with Gasteiger partial charge in [-0.15, -0.1) is 0 Å². The highest BCUT2D eigenvalue weighted by molar-refractivity contribution is 5.60. The fourth-order valence-corrected chi connectivity index (χ4v) is 3.66. The van der Waals surface area contributed by atoms with Gasteiger partial charge in [0, 0.05) is 24.2 Å². The van der Waals surface area contributed by atoms with Crippen molar-refractivity contribution in [1.82, 2.24) is 24.8 Å². The predicted octanol–water partition coefficient (Wildman–Crippen LogP) is 4.71. The van der Waals surface area contributed by atoms with Gasteiger partial charge in [0.25, 0.3) is 0 Å². The zero-order valence-electron chi connectivity index (χ0n) is 19.3. The van der Waals surface area contributed by atoms with Crippen molar-refractivity contribution in [2.24, 2.45) is 7.05 Å². The Bertz CT molecular complexity index is 1510. The zero-order chi connectivity index (χ0) is 24.2. The van der Waals surface area contributed by atoms with Crippen molar-refractivity contribution in [2.75, 3.05) is 0 Å². The number of aromatic nitrogens is 5. The second kappa shape index (κ2) is 9.64. The third kappa shape index (κ3) is 4.81. The van der Waals surface area contributed by atoms with Crippen LogP contribution >= 0.6 is 0 Å². The molecule has 0 unspecified atom stereocenters. The maximum Gasteiger partial charge on any atom is 0.368 e. The Morgan fingerprint density at radius 3 is 2.29 bits per heavy atom. The van der Waals surface area contributed by atoms with Gasteiger partial charge < -0.3 is 9.47 Å². The number of nitrogens with zero attached hydrogens (tertiary/aromatic N) is 5. The molecule has 0 bridgehead atoms. The van der Waals surface area contributed by atoms with Crippen LogP contribution in [0.15, 0.2) is 95.8 Å². The third-order valence-electron chi connectivity index (χ3n) is 5.55. The molecule has 2 aromatic heterocycles. The van der Waals surface area contributed by atoms with Crippen LogP contribution in [0, 0.1) is 6.92 Å². The van der Waals surface area contributed by atoms with E-state index in [1.54, 1.807) is 7.05 Å². The second-order valence-electron chi connectivity index (χ2n) is 7.96. The van der Waals surface area contributed by atoms with Crippen molar-refractivity contribution in [3.05, 3.63) is 113 Å². The number of aryl methyl sites for hydroxylation is 2. The summed E-state index contributed by atoms with van der Waals surface area (Å²) >= 11 is 0. The Morgan fingerprint density at radius 2 is 1.54 bits per heavy atom. The Labute approximate surface area is 202 Å². The fourth-order valence-electron chi connectivity index (χ4n) is 3.66. The van der Waals surface area contributed by atoms with E-state index in [-0.39, 0.29) is 12.3 Å². The van der Waals surface area contributed by atoms with Gasteiger partial charge in [-0.05, 0) is 71.4 Å². The molecule has 0 saturated carbocycles. The average Bonchev–Trinajstić information content (AvgIpc) is 3.22. The first-order valence-corrected chi connectivity index (χ1v) is 11.1. The summed E-state index contributed by atoms with van der Waals surface area (Å²) in [6.07, 6.45) is 0. The van der Waals surface area contributed by atoms with Gasteiger partial charge in [-0.1, -0.05) is 36.4 Å². The Hall–Kier alpha value is -4.72. The van der Waals surface area contributed by atoms with Crippen LogP contribution in [0.25, 0.3) is 16.9 Å². The number of hydrogen-bond acceptors (Lipinski definition) is 6.